The zero-order valence-electron chi connectivity index (χ0n) is 29.6. The molecular formula is C48H42O4. The van der Waals surface area contributed by atoms with E-state index < -0.39 is 22.7 Å². The van der Waals surface area contributed by atoms with Crippen LogP contribution in [0.4, 0.5) is 0 Å². The van der Waals surface area contributed by atoms with Gasteiger partial charge in [0.05, 0.1) is 11.8 Å². The van der Waals surface area contributed by atoms with Gasteiger partial charge in [0.2, 0.25) is 0 Å². The molecule has 0 amide bonds. The van der Waals surface area contributed by atoms with E-state index in [-0.39, 0.29) is 11.9 Å². The second-order valence-corrected chi connectivity index (χ2v) is 14.5. The maximum atomic E-state index is 13.8. The summed E-state index contributed by atoms with van der Waals surface area (Å²) in [6.07, 6.45) is 2.68. The van der Waals surface area contributed by atoms with Crippen LogP contribution in [0.5, 0.6) is 11.5 Å². The molecule has 4 heteroatoms. The first-order valence-electron chi connectivity index (χ1n) is 18.3. The molecule has 0 saturated heterocycles. The molecule has 2 unspecified atom stereocenters. The number of benzene rings is 6. The average Bonchev–Trinajstić information content (AvgIpc) is 3.62. The molecule has 8 rings (SSSR count). The summed E-state index contributed by atoms with van der Waals surface area (Å²) in [7, 11) is 0. The molecule has 2 atom stereocenters. The van der Waals surface area contributed by atoms with Gasteiger partial charge in [-0.25, -0.2) is 0 Å². The smallest absolute Gasteiger partial charge is 0.314 e. The quantitative estimate of drug-likeness (QED) is 0.101. The molecule has 0 spiro atoms. The van der Waals surface area contributed by atoms with E-state index in [1.807, 2.05) is 74.5 Å². The summed E-state index contributed by atoms with van der Waals surface area (Å²) in [4.78, 5) is 27.6. The predicted octanol–water partition coefficient (Wildman–Crippen LogP) is 11.0. The van der Waals surface area contributed by atoms with Crippen LogP contribution in [0.1, 0.15) is 61.8 Å². The molecule has 0 aromatic heterocycles. The Morgan fingerprint density at radius 3 is 1.00 bits per heavy atom. The third-order valence-corrected chi connectivity index (χ3v) is 11.4. The standard InChI is InChI=1S/C48H42O4/c1-33(45(49)51-35-17-5-3-6-18-35)31-47(41-25-13-9-21-37(41)38-22-10-14-26-42(38)47)29-30-48(32-34(2)46(50)52-36-19-7-4-8-20-36)43-27-15-11-23-39(43)40-24-12-16-28-44(40)48/h3-28,33-34H,29-32H2,1-2H3. The normalized spacial score (nSPS) is 15.3. The number of rotatable bonds is 11. The van der Waals surface area contributed by atoms with E-state index in [2.05, 4.69) is 97.1 Å². The lowest BCUT2D eigenvalue weighted by atomic mass is 9.62. The minimum atomic E-state index is -0.477. The highest BCUT2D eigenvalue weighted by molar-refractivity contribution is 5.84. The minimum absolute atomic E-state index is 0.240. The highest BCUT2D eigenvalue weighted by Crippen LogP contribution is 2.59. The second kappa shape index (κ2) is 13.8. The van der Waals surface area contributed by atoms with E-state index in [1.54, 1.807) is 0 Å². The summed E-state index contributed by atoms with van der Waals surface area (Å²) < 4.78 is 11.9. The predicted molar refractivity (Wildman–Crippen MR) is 206 cm³/mol. The van der Waals surface area contributed by atoms with Gasteiger partial charge in [-0.15, -0.1) is 0 Å². The Hall–Kier alpha value is -5.74. The first kappa shape index (κ1) is 33.4. The number of carbonyl (C=O) groups is 2. The van der Waals surface area contributed by atoms with Crippen molar-refractivity contribution in [1.29, 1.82) is 0 Å². The molecule has 52 heavy (non-hydrogen) atoms. The van der Waals surface area contributed by atoms with Gasteiger partial charge >= 0.3 is 11.9 Å². The van der Waals surface area contributed by atoms with Crippen LogP contribution in [0.25, 0.3) is 22.3 Å². The van der Waals surface area contributed by atoms with E-state index >= 15 is 0 Å². The van der Waals surface area contributed by atoms with Gasteiger partial charge in [-0.1, -0.05) is 147 Å². The van der Waals surface area contributed by atoms with Gasteiger partial charge < -0.3 is 9.47 Å². The lowest BCUT2D eigenvalue weighted by molar-refractivity contribution is -0.140. The molecule has 0 fully saturated rings. The molecule has 6 aromatic carbocycles. The molecule has 0 radical (unpaired) electrons. The number of ether oxygens (including phenoxy) is 2. The summed E-state index contributed by atoms with van der Waals surface area (Å²) in [5, 5.41) is 0. The van der Waals surface area contributed by atoms with Crippen molar-refractivity contribution >= 4 is 11.9 Å². The van der Waals surface area contributed by atoms with E-state index in [9.17, 15) is 9.59 Å². The van der Waals surface area contributed by atoms with Crippen LogP contribution in [0, 0.1) is 11.8 Å². The summed E-state index contributed by atoms with van der Waals surface area (Å²) >= 11 is 0. The Morgan fingerprint density at radius 1 is 0.423 bits per heavy atom. The molecule has 0 bridgehead atoms. The lowest BCUT2D eigenvalue weighted by Crippen LogP contribution is -2.37. The molecule has 2 aliphatic carbocycles. The van der Waals surface area contributed by atoms with Crippen LogP contribution in [0.2, 0.25) is 0 Å². The molecule has 0 N–H and O–H groups in total. The van der Waals surface area contributed by atoms with E-state index in [0.717, 1.165) is 12.8 Å². The zero-order valence-corrected chi connectivity index (χ0v) is 29.6. The molecule has 0 heterocycles. The average molecular weight is 683 g/mol. The number of hydrogen-bond acceptors (Lipinski definition) is 4. The van der Waals surface area contributed by atoms with E-state index in [4.69, 9.17) is 9.47 Å². The third kappa shape index (κ3) is 5.82. The molecule has 4 nitrogen and oxygen atoms in total. The van der Waals surface area contributed by atoms with Crippen molar-refractivity contribution in [3.63, 3.8) is 0 Å². The van der Waals surface area contributed by atoms with Crippen LogP contribution >= 0.6 is 0 Å². The molecule has 0 saturated carbocycles. The van der Waals surface area contributed by atoms with Crippen molar-refractivity contribution in [1.82, 2.24) is 0 Å². The zero-order chi connectivity index (χ0) is 35.7. The van der Waals surface area contributed by atoms with Crippen molar-refractivity contribution in [2.24, 2.45) is 11.8 Å². The molecule has 2 aliphatic rings. The van der Waals surface area contributed by atoms with Crippen molar-refractivity contribution in [2.45, 2.75) is 50.4 Å². The first-order valence-corrected chi connectivity index (χ1v) is 18.3. The van der Waals surface area contributed by atoms with Gasteiger partial charge in [0, 0.05) is 10.8 Å². The molecule has 0 aliphatic heterocycles. The van der Waals surface area contributed by atoms with Crippen LogP contribution in [-0.2, 0) is 20.4 Å². The maximum Gasteiger partial charge on any atom is 0.314 e. The van der Waals surface area contributed by atoms with Crippen LogP contribution in [-0.4, -0.2) is 11.9 Å². The summed E-state index contributed by atoms with van der Waals surface area (Å²) in [5.74, 6) is -0.159. The number of fused-ring (bicyclic) bond motifs is 6. The second-order valence-electron chi connectivity index (χ2n) is 14.5. The highest BCUT2D eigenvalue weighted by Gasteiger charge is 2.50. The summed E-state index contributed by atoms with van der Waals surface area (Å²) in [6, 6.07) is 53.3. The monoisotopic (exact) mass is 682 g/mol. The Bertz CT molecular complexity index is 1990. The summed E-state index contributed by atoms with van der Waals surface area (Å²) in [5.41, 5.74) is 8.84. The summed E-state index contributed by atoms with van der Waals surface area (Å²) in [6.45, 7) is 3.99. The van der Waals surface area contributed by atoms with Gasteiger partial charge in [-0.3, -0.25) is 9.59 Å². The largest absolute Gasteiger partial charge is 0.426 e. The third-order valence-electron chi connectivity index (χ3n) is 11.4. The first-order chi connectivity index (χ1) is 25.4. The fraction of sp³-hybridized carbons (Fsp3) is 0.208. The lowest BCUT2D eigenvalue weighted by Gasteiger charge is -2.40. The Balaban J connectivity index is 1.22. The van der Waals surface area contributed by atoms with E-state index in [1.165, 1.54) is 44.5 Å². The van der Waals surface area contributed by atoms with Gasteiger partial charge in [-0.2, -0.15) is 0 Å². The SMILES string of the molecule is CC(CC1(CCC2(CC(C)C(=O)Oc3ccccc3)c3ccccc3-c3ccccc32)c2ccccc2-c2ccccc21)C(=O)Oc1ccccc1. The van der Waals surface area contributed by atoms with E-state index in [0.29, 0.717) is 24.3 Å². The topological polar surface area (TPSA) is 52.6 Å². The number of para-hydroxylation sites is 2. The minimum Gasteiger partial charge on any atom is -0.426 e. The number of carbonyl (C=O) groups excluding carboxylic acids is 2. The number of esters is 2. The van der Waals surface area contributed by atoms with Gasteiger partial charge in [-0.05, 0) is 94.5 Å². The van der Waals surface area contributed by atoms with Crippen molar-refractivity contribution in [3.05, 3.63) is 180 Å². The number of hydrogen-bond donors (Lipinski definition) is 0. The fourth-order valence-electron chi connectivity index (χ4n) is 9.06. The molecule has 6 aromatic rings. The maximum absolute atomic E-state index is 13.8. The van der Waals surface area contributed by atoms with Crippen LogP contribution in [0.3, 0.4) is 0 Å². The van der Waals surface area contributed by atoms with Crippen molar-refractivity contribution in [3.8, 4) is 33.8 Å². The Morgan fingerprint density at radius 2 is 0.692 bits per heavy atom. The van der Waals surface area contributed by atoms with Crippen molar-refractivity contribution in [2.75, 3.05) is 0 Å². The fourth-order valence-corrected chi connectivity index (χ4v) is 9.06. The highest BCUT2D eigenvalue weighted by atomic mass is 16.5. The Kier molecular flexibility index (Phi) is 8.84. The van der Waals surface area contributed by atoms with Gasteiger partial charge in [0.15, 0.2) is 0 Å². The van der Waals surface area contributed by atoms with Crippen molar-refractivity contribution < 1.29 is 19.1 Å². The van der Waals surface area contributed by atoms with Crippen LogP contribution < -0.4 is 9.47 Å². The molecular weight excluding hydrogens is 641 g/mol. The molecule has 258 valence electrons. The van der Waals surface area contributed by atoms with Gasteiger partial charge in [0.25, 0.3) is 0 Å². The Labute approximate surface area is 306 Å². The van der Waals surface area contributed by atoms with Gasteiger partial charge in [0.1, 0.15) is 11.5 Å². The van der Waals surface area contributed by atoms with Crippen LogP contribution in [0.15, 0.2) is 158 Å².